The van der Waals surface area contributed by atoms with Crippen LogP contribution in [0.25, 0.3) is 0 Å². The summed E-state index contributed by atoms with van der Waals surface area (Å²) >= 11 is 0. The van der Waals surface area contributed by atoms with E-state index in [1.54, 1.807) is 25.1 Å². The Labute approximate surface area is 114 Å². The lowest BCUT2D eigenvalue weighted by Gasteiger charge is -2.24. The smallest absolute Gasteiger partial charge is 0.328 e. The first-order valence-corrected chi connectivity index (χ1v) is 6.77. The summed E-state index contributed by atoms with van der Waals surface area (Å²) in [6.45, 7) is 6.12. The molecule has 0 aliphatic heterocycles. The SMILES string of the molecule is CCCC(C)C(Nc1ccccc1F)C(=O)OCC. The fraction of sp³-hybridized carbons (Fsp3) is 0.533. The van der Waals surface area contributed by atoms with Crippen LogP contribution in [0.4, 0.5) is 10.1 Å². The van der Waals surface area contributed by atoms with Crippen molar-refractivity contribution in [3.05, 3.63) is 30.1 Å². The van der Waals surface area contributed by atoms with Gasteiger partial charge in [-0.25, -0.2) is 9.18 Å². The molecule has 0 aliphatic carbocycles. The van der Waals surface area contributed by atoms with Crippen LogP contribution in [0.5, 0.6) is 0 Å². The molecule has 0 bridgehead atoms. The topological polar surface area (TPSA) is 38.3 Å². The predicted octanol–water partition coefficient (Wildman–Crippen LogP) is 3.61. The summed E-state index contributed by atoms with van der Waals surface area (Å²) in [6, 6.07) is 5.83. The summed E-state index contributed by atoms with van der Waals surface area (Å²) in [6.07, 6.45) is 1.85. The van der Waals surface area contributed by atoms with Gasteiger partial charge in [0.1, 0.15) is 11.9 Å². The number of hydrogen-bond donors (Lipinski definition) is 1. The number of rotatable bonds is 7. The number of anilines is 1. The molecule has 0 spiro atoms. The Morgan fingerprint density at radius 1 is 1.37 bits per heavy atom. The molecule has 3 nitrogen and oxygen atoms in total. The summed E-state index contributed by atoms with van der Waals surface area (Å²) in [4.78, 5) is 12.0. The van der Waals surface area contributed by atoms with Gasteiger partial charge in [0.25, 0.3) is 0 Å². The average Bonchev–Trinajstić information content (AvgIpc) is 2.38. The molecule has 1 N–H and O–H groups in total. The third-order valence-corrected chi connectivity index (χ3v) is 3.04. The van der Waals surface area contributed by atoms with E-state index in [-0.39, 0.29) is 17.7 Å². The summed E-state index contributed by atoms with van der Waals surface area (Å²) in [5.74, 6) is -0.601. The molecule has 19 heavy (non-hydrogen) atoms. The van der Waals surface area contributed by atoms with Gasteiger partial charge in [-0.15, -0.1) is 0 Å². The zero-order chi connectivity index (χ0) is 14.3. The van der Waals surface area contributed by atoms with Crippen molar-refractivity contribution in [2.75, 3.05) is 11.9 Å². The van der Waals surface area contributed by atoms with Gasteiger partial charge in [-0.05, 0) is 31.4 Å². The van der Waals surface area contributed by atoms with Gasteiger partial charge in [-0.3, -0.25) is 0 Å². The van der Waals surface area contributed by atoms with Crippen LogP contribution in [-0.4, -0.2) is 18.6 Å². The molecule has 2 unspecified atom stereocenters. The summed E-state index contributed by atoms with van der Waals surface area (Å²) < 4.78 is 18.7. The molecule has 0 radical (unpaired) electrons. The van der Waals surface area contributed by atoms with Crippen LogP contribution in [0.15, 0.2) is 24.3 Å². The highest BCUT2D eigenvalue weighted by Crippen LogP contribution is 2.20. The van der Waals surface area contributed by atoms with E-state index in [0.717, 1.165) is 12.8 Å². The summed E-state index contributed by atoms with van der Waals surface area (Å²) in [5.41, 5.74) is 0.337. The van der Waals surface area contributed by atoms with Crippen molar-refractivity contribution in [3.8, 4) is 0 Å². The second-order valence-electron chi connectivity index (χ2n) is 4.62. The molecule has 1 aromatic rings. The Bertz CT molecular complexity index is 409. The van der Waals surface area contributed by atoms with E-state index in [1.807, 2.05) is 6.92 Å². The van der Waals surface area contributed by atoms with Crippen molar-refractivity contribution in [1.29, 1.82) is 0 Å². The number of nitrogens with one attached hydrogen (secondary N) is 1. The first-order valence-electron chi connectivity index (χ1n) is 6.77. The minimum atomic E-state index is -0.517. The van der Waals surface area contributed by atoms with Crippen molar-refractivity contribution in [1.82, 2.24) is 0 Å². The van der Waals surface area contributed by atoms with Crippen molar-refractivity contribution in [2.45, 2.75) is 39.7 Å². The molecule has 0 aromatic heterocycles. The van der Waals surface area contributed by atoms with Gasteiger partial charge in [0.15, 0.2) is 0 Å². The lowest BCUT2D eigenvalue weighted by Crippen LogP contribution is -2.37. The Kier molecular flexibility index (Phi) is 6.33. The molecule has 1 aromatic carbocycles. The number of benzene rings is 1. The van der Waals surface area contributed by atoms with Crippen molar-refractivity contribution >= 4 is 11.7 Å². The predicted molar refractivity (Wildman–Crippen MR) is 74.5 cm³/mol. The summed E-state index contributed by atoms with van der Waals surface area (Å²) in [7, 11) is 0. The molecule has 2 atom stereocenters. The monoisotopic (exact) mass is 267 g/mol. The van der Waals surface area contributed by atoms with Gasteiger partial charge in [0.05, 0.1) is 12.3 Å². The Morgan fingerprint density at radius 2 is 2.05 bits per heavy atom. The average molecular weight is 267 g/mol. The zero-order valence-electron chi connectivity index (χ0n) is 11.8. The molecule has 0 heterocycles. The van der Waals surface area contributed by atoms with Crippen LogP contribution >= 0.6 is 0 Å². The van der Waals surface area contributed by atoms with Crippen LogP contribution in [0.3, 0.4) is 0 Å². The van der Waals surface area contributed by atoms with Gasteiger partial charge >= 0.3 is 5.97 Å². The maximum atomic E-state index is 13.6. The third-order valence-electron chi connectivity index (χ3n) is 3.04. The molecule has 0 saturated heterocycles. The first kappa shape index (κ1) is 15.5. The molecule has 106 valence electrons. The van der Waals surface area contributed by atoms with E-state index in [2.05, 4.69) is 12.2 Å². The number of esters is 1. The molecule has 0 saturated carbocycles. The molecular weight excluding hydrogens is 245 g/mol. The zero-order valence-corrected chi connectivity index (χ0v) is 11.8. The number of ether oxygens (including phenoxy) is 1. The van der Waals surface area contributed by atoms with Crippen molar-refractivity contribution < 1.29 is 13.9 Å². The number of hydrogen-bond acceptors (Lipinski definition) is 3. The van der Waals surface area contributed by atoms with E-state index in [1.165, 1.54) is 6.07 Å². The van der Waals surface area contributed by atoms with Crippen LogP contribution in [0.1, 0.15) is 33.6 Å². The van der Waals surface area contributed by atoms with Crippen molar-refractivity contribution in [3.63, 3.8) is 0 Å². The number of carbonyl (C=O) groups is 1. The maximum absolute atomic E-state index is 13.6. The van der Waals surface area contributed by atoms with E-state index >= 15 is 0 Å². The van der Waals surface area contributed by atoms with Crippen LogP contribution in [0.2, 0.25) is 0 Å². The van der Waals surface area contributed by atoms with E-state index in [0.29, 0.717) is 12.3 Å². The van der Waals surface area contributed by atoms with Gasteiger partial charge in [0.2, 0.25) is 0 Å². The second kappa shape index (κ2) is 7.77. The molecule has 0 aliphatic rings. The lowest BCUT2D eigenvalue weighted by molar-refractivity contribution is -0.145. The minimum absolute atomic E-state index is 0.0867. The molecule has 1 rings (SSSR count). The Balaban J connectivity index is 2.85. The van der Waals surface area contributed by atoms with Gasteiger partial charge in [-0.1, -0.05) is 32.4 Å². The number of halogens is 1. The maximum Gasteiger partial charge on any atom is 0.328 e. The van der Waals surface area contributed by atoms with Crippen molar-refractivity contribution in [2.24, 2.45) is 5.92 Å². The molecule has 4 heteroatoms. The summed E-state index contributed by atoms with van der Waals surface area (Å²) in [5, 5.41) is 2.97. The van der Waals surface area contributed by atoms with Crippen LogP contribution < -0.4 is 5.32 Å². The fourth-order valence-electron chi connectivity index (χ4n) is 2.03. The lowest BCUT2D eigenvalue weighted by atomic mass is 9.96. The quantitative estimate of drug-likeness (QED) is 0.767. The van der Waals surface area contributed by atoms with E-state index in [9.17, 15) is 9.18 Å². The molecule has 0 fully saturated rings. The number of carbonyl (C=O) groups excluding carboxylic acids is 1. The van der Waals surface area contributed by atoms with Gasteiger partial charge < -0.3 is 10.1 Å². The number of para-hydroxylation sites is 1. The van der Waals surface area contributed by atoms with Gasteiger partial charge in [-0.2, -0.15) is 0 Å². The first-order chi connectivity index (χ1) is 9.10. The second-order valence-corrected chi connectivity index (χ2v) is 4.62. The minimum Gasteiger partial charge on any atom is -0.464 e. The highest BCUT2D eigenvalue weighted by Gasteiger charge is 2.26. The fourth-order valence-corrected chi connectivity index (χ4v) is 2.03. The normalized spacial score (nSPS) is 13.7. The van der Waals surface area contributed by atoms with E-state index in [4.69, 9.17) is 4.74 Å². The van der Waals surface area contributed by atoms with E-state index < -0.39 is 6.04 Å². The van der Waals surface area contributed by atoms with Gasteiger partial charge in [0, 0.05) is 0 Å². The molecular formula is C15H22FNO2. The highest BCUT2D eigenvalue weighted by molar-refractivity contribution is 5.79. The molecule has 0 amide bonds. The standard InChI is InChI=1S/C15H22FNO2/c1-4-8-11(3)14(15(18)19-5-2)17-13-10-7-6-9-12(13)16/h6-7,9-11,14,17H,4-5,8H2,1-3H3. The van der Waals surface area contributed by atoms with Crippen LogP contribution in [0, 0.1) is 11.7 Å². The largest absolute Gasteiger partial charge is 0.464 e. The highest BCUT2D eigenvalue weighted by atomic mass is 19.1. The van der Waals surface area contributed by atoms with Crippen LogP contribution in [-0.2, 0) is 9.53 Å². The Morgan fingerprint density at radius 3 is 2.63 bits per heavy atom. The third kappa shape index (κ3) is 4.54. The Hall–Kier alpha value is -1.58.